The second-order valence-electron chi connectivity index (χ2n) is 7.93. The van der Waals surface area contributed by atoms with Gasteiger partial charge in [-0.2, -0.15) is 0 Å². The Bertz CT molecular complexity index is 1490. The summed E-state index contributed by atoms with van der Waals surface area (Å²) in [5.41, 5.74) is 5.20. The molecule has 2 atom stereocenters. The van der Waals surface area contributed by atoms with E-state index >= 15 is 0 Å². The third kappa shape index (κ3) is 6.11. The minimum absolute atomic E-state index is 0.130. The first kappa shape index (κ1) is 27.8. The summed E-state index contributed by atoms with van der Waals surface area (Å²) in [6.45, 7) is 1.34. The molecular formula is C24H23N3O10S. The van der Waals surface area contributed by atoms with E-state index in [1.807, 2.05) is 0 Å². The highest BCUT2D eigenvalue weighted by Gasteiger charge is 2.27. The second-order valence-corrected chi connectivity index (χ2v) is 9.61. The van der Waals surface area contributed by atoms with Gasteiger partial charge in [0.1, 0.15) is 17.7 Å². The van der Waals surface area contributed by atoms with Crippen molar-refractivity contribution in [3.05, 3.63) is 71.8 Å². The van der Waals surface area contributed by atoms with Crippen molar-refractivity contribution >= 4 is 33.5 Å². The minimum Gasteiger partial charge on any atom is -0.504 e. The molecule has 0 aliphatic heterocycles. The summed E-state index contributed by atoms with van der Waals surface area (Å²) < 4.78 is 31.9. The number of amides is 2. The Balaban J connectivity index is 1.63. The van der Waals surface area contributed by atoms with Gasteiger partial charge in [0, 0.05) is 5.69 Å². The summed E-state index contributed by atoms with van der Waals surface area (Å²) in [5, 5.41) is 41.0. The molecule has 2 unspecified atom stereocenters. The predicted molar refractivity (Wildman–Crippen MR) is 132 cm³/mol. The zero-order valence-corrected chi connectivity index (χ0v) is 20.5. The van der Waals surface area contributed by atoms with Crippen molar-refractivity contribution in [1.29, 1.82) is 0 Å². The van der Waals surface area contributed by atoms with Gasteiger partial charge < -0.3 is 36.2 Å². The van der Waals surface area contributed by atoms with E-state index < -0.39 is 68.5 Å². The molecule has 3 rings (SSSR count). The summed E-state index contributed by atoms with van der Waals surface area (Å²) >= 11 is 0. The van der Waals surface area contributed by atoms with Gasteiger partial charge in [0.25, 0.3) is 15.9 Å². The average molecular weight is 546 g/mol. The standard InChI is InChI=1S/C24H23N3O10S/c1-12(37-24(34)16-5-3-7-18(29)21(16)31)19(25)23(33)26-13-8-10-14(11-9-13)38(35,36)27-22(32)15-4-2-6-17(28)20(15)30/h2-12,19,28-31H,25H2,1H3,(H,26,33)(H,27,32). The molecule has 0 aromatic heterocycles. The summed E-state index contributed by atoms with van der Waals surface area (Å²) in [6, 6.07) is 10.4. The third-order valence-electron chi connectivity index (χ3n) is 5.25. The zero-order valence-electron chi connectivity index (χ0n) is 19.7. The molecule has 14 heteroatoms. The molecule has 0 fully saturated rings. The smallest absolute Gasteiger partial charge is 0.342 e. The van der Waals surface area contributed by atoms with Crippen molar-refractivity contribution in [2.45, 2.75) is 24.0 Å². The number of aromatic hydroxyl groups is 4. The van der Waals surface area contributed by atoms with E-state index in [9.17, 15) is 43.2 Å². The highest BCUT2D eigenvalue weighted by molar-refractivity contribution is 7.90. The fourth-order valence-electron chi connectivity index (χ4n) is 3.11. The van der Waals surface area contributed by atoms with Crippen molar-refractivity contribution < 1.29 is 48.0 Å². The maximum atomic E-state index is 12.5. The lowest BCUT2D eigenvalue weighted by Crippen LogP contribution is -2.45. The first-order valence-corrected chi connectivity index (χ1v) is 12.3. The van der Waals surface area contributed by atoms with Crippen LogP contribution in [0.3, 0.4) is 0 Å². The zero-order chi connectivity index (χ0) is 28.2. The van der Waals surface area contributed by atoms with Gasteiger partial charge in [-0.05, 0) is 55.5 Å². The van der Waals surface area contributed by atoms with Crippen LogP contribution in [0.15, 0.2) is 65.6 Å². The largest absolute Gasteiger partial charge is 0.504 e. The molecule has 0 saturated heterocycles. The number of hydrogen-bond acceptors (Lipinski definition) is 11. The molecule has 2 amide bonds. The van der Waals surface area contributed by atoms with E-state index in [1.54, 1.807) is 4.72 Å². The number of nitrogens with two attached hydrogens (primary N) is 1. The Morgan fingerprint density at radius 2 is 1.37 bits per heavy atom. The number of rotatable bonds is 8. The number of esters is 1. The number of sulfonamides is 1. The molecule has 3 aromatic rings. The Morgan fingerprint density at radius 1 is 0.842 bits per heavy atom. The maximum Gasteiger partial charge on any atom is 0.342 e. The van der Waals surface area contributed by atoms with E-state index in [0.717, 1.165) is 24.3 Å². The molecular weight excluding hydrogens is 522 g/mol. The lowest BCUT2D eigenvalue weighted by molar-refractivity contribution is -0.119. The van der Waals surface area contributed by atoms with Crippen LogP contribution in [0.25, 0.3) is 0 Å². The predicted octanol–water partition coefficient (Wildman–Crippen LogP) is 1.14. The number of anilines is 1. The second kappa shape index (κ2) is 11.1. The Hall–Kier alpha value is -4.82. The van der Waals surface area contributed by atoms with Crippen LogP contribution >= 0.6 is 0 Å². The van der Waals surface area contributed by atoms with Crippen LogP contribution in [0.4, 0.5) is 5.69 Å². The molecule has 0 radical (unpaired) electrons. The molecule has 0 heterocycles. The number of phenols is 4. The number of ether oxygens (including phenoxy) is 1. The Morgan fingerprint density at radius 3 is 1.95 bits per heavy atom. The lowest BCUT2D eigenvalue weighted by atomic mass is 10.1. The van der Waals surface area contributed by atoms with Gasteiger partial charge in [0.15, 0.2) is 23.0 Å². The number of para-hydroxylation sites is 2. The van der Waals surface area contributed by atoms with Crippen molar-refractivity contribution in [3.63, 3.8) is 0 Å². The molecule has 13 nitrogen and oxygen atoms in total. The number of carbonyl (C=O) groups is 3. The molecule has 3 aromatic carbocycles. The number of carbonyl (C=O) groups excluding carboxylic acids is 3. The van der Waals surface area contributed by atoms with Gasteiger partial charge in [-0.1, -0.05) is 12.1 Å². The van der Waals surface area contributed by atoms with Crippen molar-refractivity contribution in [1.82, 2.24) is 4.72 Å². The van der Waals surface area contributed by atoms with E-state index in [-0.39, 0.29) is 16.1 Å². The first-order valence-electron chi connectivity index (χ1n) is 10.8. The first-order chi connectivity index (χ1) is 17.8. The molecule has 8 N–H and O–H groups in total. The molecule has 0 aliphatic rings. The molecule has 0 spiro atoms. The average Bonchev–Trinajstić information content (AvgIpc) is 2.86. The van der Waals surface area contributed by atoms with Gasteiger partial charge in [-0.3, -0.25) is 9.59 Å². The summed E-state index contributed by atoms with van der Waals surface area (Å²) in [5.74, 6) is -5.59. The lowest BCUT2D eigenvalue weighted by Gasteiger charge is -2.20. The van der Waals surface area contributed by atoms with Gasteiger partial charge in [0.05, 0.1) is 10.5 Å². The van der Waals surface area contributed by atoms with Crippen LogP contribution in [0.1, 0.15) is 27.6 Å². The summed E-state index contributed by atoms with van der Waals surface area (Å²) in [7, 11) is -4.38. The SMILES string of the molecule is CC(OC(=O)c1cccc(O)c1O)C(N)C(=O)Nc1ccc(S(=O)(=O)NC(=O)c2cccc(O)c2O)cc1. The van der Waals surface area contributed by atoms with E-state index in [0.29, 0.717) is 0 Å². The van der Waals surface area contributed by atoms with E-state index in [4.69, 9.17) is 10.5 Å². The van der Waals surface area contributed by atoms with Gasteiger partial charge in [-0.25, -0.2) is 17.9 Å². The molecule has 200 valence electrons. The highest BCUT2D eigenvalue weighted by atomic mass is 32.2. The van der Waals surface area contributed by atoms with Crippen LogP contribution in [0.5, 0.6) is 23.0 Å². The number of hydrogen-bond donors (Lipinski definition) is 7. The fourth-order valence-corrected chi connectivity index (χ4v) is 4.07. The molecule has 0 saturated carbocycles. The third-order valence-corrected chi connectivity index (χ3v) is 6.60. The summed E-state index contributed by atoms with van der Waals surface area (Å²) in [4.78, 5) is 36.7. The van der Waals surface area contributed by atoms with E-state index in [2.05, 4.69) is 5.32 Å². The highest BCUT2D eigenvalue weighted by Crippen LogP contribution is 2.29. The van der Waals surface area contributed by atoms with Crippen LogP contribution in [-0.2, 0) is 19.6 Å². The Labute approximate surface area is 216 Å². The number of phenolic OH excluding ortho intramolecular Hbond substituents is 4. The number of nitrogens with one attached hydrogen (secondary N) is 2. The van der Waals surface area contributed by atoms with Gasteiger partial charge in [0.2, 0.25) is 5.91 Å². The summed E-state index contributed by atoms with van der Waals surface area (Å²) in [6.07, 6.45) is -1.16. The Kier molecular flexibility index (Phi) is 8.08. The number of benzene rings is 3. The van der Waals surface area contributed by atoms with Crippen LogP contribution < -0.4 is 15.8 Å². The van der Waals surface area contributed by atoms with Crippen LogP contribution in [0.2, 0.25) is 0 Å². The van der Waals surface area contributed by atoms with E-state index in [1.165, 1.54) is 43.3 Å². The van der Waals surface area contributed by atoms with Crippen LogP contribution in [-0.4, -0.2) is 58.8 Å². The van der Waals surface area contributed by atoms with Crippen LogP contribution in [0, 0.1) is 0 Å². The maximum absolute atomic E-state index is 12.5. The normalized spacial score (nSPS) is 12.7. The van der Waals surface area contributed by atoms with Gasteiger partial charge >= 0.3 is 5.97 Å². The molecule has 0 aliphatic carbocycles. The fraction of sp³-hybridized carbons (Fsp3) is 0.125. The van der Waals surface area contributed by atoms with Crippen molar-refractivity contribution in [2.24, 2.45) is 5.73 Å². The minimum atomic E-state index is -4.38. The van der Waals surface area contributed by atoms with Gasteiger partial charge in [-0.15, -0.1) is 0 Å². The monoisotopic (exact) mass is 545 g/mol. The van der Waals surface area contributed by atoms with Crippen molar-refractivity contribution in [2.75, 3.05) is 5.32 Å². The quantitative estimate of drug-likeness (QED) is 0.157. The topological polar surface area (TPSA) is 226 Å². The molecule has 38 heavy (non-hydrogen) atoms. The molecule has 0 bridgehead atoms. The van der Waals surface area contributed by atoms with Crippen molar-refractivity contribution in [3.8, 4) is 23.0 Å².